The maximum atomic E-state index is 6.05. The number of benzene rings is 2. The van der Waals surface area contributed by atoms with Crippen LogP contribution in [0.5, 0.6) is 17.2 Å². The highest BCUT2D eigenvalue weighted by Gasteiger charge is 2.25. The van der Waals surface area contributed by atoms with E-state index >= 15 is 0 Å². The normalized spacial score (nSPS) is 11.8. The SMILES string of the molecule is COc1ccc2nc(N(C)C)nc3c2c1Oc1ccccc1-3. The van der Waals surface area contributed by atoms with Gasteiger partial charge in [0.25, 0.3) is 0 Å². The van der Waals surface area contributed by atoms with Crippen molar-refractivity contribution in [3.8, 4) is 28.5 Å². The van der Waals surface area contributed by atoms with Gasteiger partial charge in [-0.3, -0.25) is 0 Å². The number of nitrogens with zero attached hydrogens (tertiary/aromatic N) is 3. The molecule has 0 spiro atoms. The molecule has 0 atom stereocenters. The molecule has 0 fully saturated rings. The van der Waals surface area contributed by atoms with Crippen molar-refractivity contribution in [1.29, 1.82) is 0 Å². The number of methoxy groups -OCH3 is 1. The summed E-state index contributed by atoms with van der Waals surface area (Å²) in [7, 11) is 5.50. The largest absolute Gasteiger partial charge is 0.493 e. The van der Waals surface area contributed by atoms with Crippen LogP contribution in [0.2, 0.25) is 0 Å². The summed E-state index contributed by atoms with van der Waals surface area (Å²) < 4.78 is 11.5. The molecule has 0 saturated heterocycles. The molecular formula is C17H15N3O2. The molecule has 3 aromatic rings. The van der Waals surface area contributed by atoms with Gasteiger partial charge in [0, 0.05) is 19.7 Å². The zero-order valence-electron chi connectivity index (χ0n) is 12.6. The van der Waals surface area contributed by atoms with E-state index in [2.05, 4.69) is 4.98 Å². The van der Waals surface area contributed by atoms with E-state index in [0.717, 1.165) is 27.9 Å². The second-order valence-corrected chi connectivity index (χ2v) is 5.36. The van der Waals surface area contributed by atoms with Crippen LogP contribution in [-0.2, 0) is 0 Å². The number of ether oxygens (including phenoxy) is 2. The molecule has 0 bridgehead atoms. The van der Waals surface area contributed by atoms with Crippen LogP contribution >= 0.6 is 0 Å². The van der Waals surface area contributed by atoms with Crippen molar-refractivity contribution in [2.24, 2.45) is 0 Å². The molecule has 0 N–H and O–H groups in total. The Morgan fingerprint density at radius 2 is 1.86 bits per heavy atom. The molecule has 0 aliphatic carbocycles. The van der Waals surface area contributed by atoms with Gasteiger partial charge in [-0.25, -0.2) is 9.97 Å². The second kappa shape index (κ2) is 4.59. The van der Waals surface area contributed by atoms with E-state index in [1.54, 1.807) is 7.11 Å². The Bertz CT molecular complexity index is 890. The highest BCUT2D eigenvalue weighted by Crippen LogP contribution is 2.49. The van der Waals surface area contributed by atoms with Crippen LogP contribution in [0, 0.1) is 0 Å². The van der Waals surface area contributed by atoms with Gasteiger partial charge in [0.2, 0.25) is 5.95 Å². The number of rotatable bonds is 2. The zero-order chi connectivity index (χ0) is 15.3. The molecule has 1 aliphatic heterocycles. The number of hydrogen-bond donors (Lipinski definition) is 0. The average molecular weight is 293 g/mol. The van der Waals surface area contributed by atoms with Gasteiger partial charge in [0.1, 0.15) is 5.75 Å². The lowest BCUT2D eigenvalue weighted by atomic mass is 10.0. The Morgan fingerprint density at radius 3 is 2.64 bits per heavy atom. The van der Waals surface area contributed by atoms with Crippen molar-refractivity contribution >= 4 is 16.9 Å². The first-order chi connectivity index (χ1) is 10.7. The third kappa shape index (κ3) is 1.72. The minimum atomic E-state index is 0.676. The molecule has 5 nitrogen and oxygen atoms in total. The van der Waals surface area contributed by atoms with Gasteiger partial charge in [0.05, 0.1) is 23.7 Å². The monoisotopic (exact) mass is 293 g/mol. The van der Waals surface area contributed by atoms with Crippen molar-refractivity contribution in [3.63, 3.8) is 0 Å². The summed E-state index contributed by atoms with van der Waals surface area (Å²) in [6.07, 6.45) is 0. The van der Waals surface area contributed by atoms with Gasteiger partial charge in [0.15, 0.2) is 11.5 Å². The molecule has 110 valence electrons. The maximum Gasteiger partial charge on any atom is 0.225 e. The molecule has 22 heavy (non-hydrogen) atoms. The molecule has 0 saturated carbocycles. The average Bonchev–Trinajstić information content (AvgIpc) is 2.55. The quantitative estimate of drug-likeness (QED) is 0.566. The lowest BCUT2D eigenvalue weighted by Crippen LogP contribution is -2.14. The number of anilines is 1. The highest BCUT2D eigenvalue weighted by molar-refractivity contribution is 6.02. The predicted molar refractivity (Wildman–Crippen MR) is 85.9 cm³/mol. The summed E-state index contributed by atoms with van der Waals surface area (Å²) in [5.41, 5.74) is 2.70. The molecule has 0 radical (unpaired) electrons. The van der Waals surface area contributed by atoms with Gasteiger partial charge in [-0.05, 0) is 24.3 Å². The lowest BCUT2D eigenvalue weighted by molar-refractivity contribution is 0.381. The van der Waals surface area contributed by atoms with Gasteiger partial charge in [-0.2, -0.15) is 0 Å². The minimum Gasteiger partial charge on any atom is -0.493 e. The Kier molecular flexibility index (Phi) is 2.69. The van der Waals surface area contributed by atoms with Crippen molar-refractivity contribution in [2.75, 3.05) is 26.1 Å². The molecule has 1 aliphatic rings. The molecule has 4 rings (SSSR count). The molecule has 2 heterocycles. The van der Waals surface area contributed by atoms with E-state index in [1.165, 1.54) is 0 Å². The summed E-state index contributed by atoms with van der Waals surface area (Å²) in [5, 5.41) is 0.892. The van der Waals surface area contributed by atoms with Crippen LogP contribution in [0.3, 0.4) is 0 Å². The van der Waals surface area contributed by atoms with Crippen LogP contribution < -0.4 is 14.4 Å². The minimum absolute atomic E-state index is 0.676. The van der Waals surface area contributed by atoms with Crippen LogP contribution in [-0.4, -0.2) is 31.2 Å². The number of aromatic nitrogens is 2. The van der Waals surface area contributed by atoms with Crippen LogP contribution in [0.15, 0.2) is 36.4 Å². The molecule has 2 aromatic carbocycles. The number of para-hydroxylation sites is 1. The molecule has 5 heteroatoms. The van der Waals surface area contributed by atoms with Crippen molar-refractivity contribution in [3.05, 3.63) is 36.4 Å². The van der Waals surface area contributed by atoms with Crippen LogP contribution in [0.1, 0.15) is 0 Å². The van der Waals surface area contributed by atoms with Crippen molar-refractivity contribution in [2.45, 2.75) is 0 Å². The standard InChI is InChI=1S/C17H15N3O2/c1-20(2)17-18-11-8-9-13(21-3)16-14(11)15(19-17)10-6-4-5-7-12(10)22-16/h4-9H,1-3H3. The van der Waals surface area contributed by atoms with Gasteiger partial charge < -0.3 is 14.4 Å². The molecule has 0 amide bonds. The zero-order valence-corrected chi connectivity index (χ0v) is 12.6. The summed E-state index contributed by atoms with van der Waals surface area (Å²) in [6, 6.07) is 11.7. The fourth-order valence-electron chi connectivity index (χ4n) is 2.68. The Labute approximate surface area is 128 Å². The van der Waals surface area contributed by atoms with Crippen molar-refractivity contribution in [1.82, 2.24) is 9.97 Å². The van der Waals surface area contributed by atoms with Crippen LogP contribution in [0.4, 0.5) is 5.95 Å². The maximum absolute atomic E-state index is 6.05. The summed E-state index contributed by atoms with van der Waals surface area (Å²) in [6.45, 7) is 0. The summed E-state index contributed by atoms with van der Waals surface area (Å²) >= 11 is 0. The van der Waals surface area contributed by atoms with E-state index in [1.807, 2.05) is 55.4 Å². The first kappa shape index (κ1) is 12.9. The Morgan fingerprint density at radius 1 is 1.05 bits per heavy atom. The lowest BCUT2D eigenvalue weighted by Gasteiger charge is -2.23. The summed E-state index contributed by atoms with van der Waals surface area (Å²) in [5.74, 6) is 2.82. The first-order valence-electron chi connectivity index (χ1n) is 7.02. The third-order valence-corrected chi connectivity index (χ3v) is 3.74. The third-order valence-electron chi connectivity index (χ3n) is 3.74. The van der Waals surface area contributed by atoms with Gasteiger partial charge in [-0.1, -0.05) is 12.1 Å². The van der Waals surface area contributed by atoms with E-state index in [-0.39, 0.29) is 0 Å². The Balaban J connectivity index is 2.15. The first-order valence-corrected chi connectivity index (χ1v) is 7.02. The number of hydrogen-bond acceptors (Lipinski definition) is 5. The summed E-state index contributed by atoms with van der Waals surface area (Å²) in [4.78, 5) is 11.2. The van der Waals surface area contributed by atoms with Crippen LogP contribution in [0.25, 0.3) is 22.2 Å². The second-order valence-electron chi connectivity index (χ2n) is 5.36. The van der Waals surface area contributed by atoms with E-state index in [0.29, 0.717) is 17.4 Å². The van der Waals surface area contributed by atoms with E-state index < -0.39 is 0 Å². The highest BCUT2D eigenvalue weighted by atomic mass is 16.5. The molecular weight excluding hydrogens is 278 g/mol. The smallest absolute Gasteiger partial charge is 0.225 e. The van der Waals surface area contributed by atoms with Gasteiger partial charge >= 0.3 is 0 Å². The van der Waals surface area contributed by atoms with E-state index in [4.69, 9.17) is 14.5 Å². The Hall–Kier alpha value is -2.82. The molecule has 0 unspecified atom stereocenters. The number of fused-ring (bicyclic) bond motifs is 2. The fourth-order valence-corrected chi connectivity index (χ4v) is 2.68. The topological polar surface area (TPSA) is 47.5 Å². The van der Waals surface area contributed by atoms with E-state index in [9.17, 15) is 0 Å². The predicted octanol–water partition coefficient (Wildman–Crippen LogP) is 3.48. The van der Waals surface area contributed by atoms with Crippen molar-refractivity contribution < 1.29 is 9.47 Å². The molecule has 1 aromatic heterocycles. The van der Waals surface area contributed by atoms with Gasteiger partial charge in [-0.15, -0.1) is 0 Å². The fraction of sp³-hybridized carbons (Fsp3) is 0.176.